The SMILES string of the molecule is O=C(OCCOC(=O)c1c2c(nc3ccccc13)CCC2)c1ccccc1. The second-order valence-electron chi connectivity index (χ2n) is 6.42. The summed E-state index contributed by atoms with van der Waals surface area (Å²) < 4.78 is 10.6. The second kappa shape index (κ2) is 7.58. The molecular weight excluding hydrogens is 342 g/mol. The number of fused-ring (bicyclic) bond motifs is 2. The highest BCUT2D eigenvalue weighted by atomic mass is 16.6. The lowest BCUT2D eigenvalue weighted by molar-refractivity contribution is 0.0266. The van der Waals surface area contributed by atoms with Gasteiger partial charge in [0.25, 0.3) is 0 Å². The van der Waals surface area contributed by atoms with Crippen LogP contribution in [0.15, 0.2) is 54.6 Å². The fraction of sp³-hybridized carbons (Fsp3) is 0.227. The number of aryl methyl sites for hydroxylation is 1. The zero-order chi connectivity index (χ0) is 18.6. The van der Waals surface area contributed by atoms with Crippen LogP contribution in [0.4, 0.5) is 0 Å². The Kier molecular flexibility index (Phi) is 4.83. The van der Waals surface area contributed by atoms with E-state index in [-0.39, 0.29) is 19.2 Å². The number of rotatable bonds is 5. The largest absolute Gasteiger partial charge is 0.458 e. The van der Waals surface area contributed by atoms with E-state index in [9.17, 15) is 9.59 Å². The van der Waals surface area contributed by atoms with Crippen LogP contribution < -0.4 is 0 Å². The normalized spacial score (nSPS) is 12.6. The molecule has 0 saturated heterocycles. The van der Waals surface area contributed by atoms with Crippen molar-refractivity contribution in [2.24, 2.45) is 0 Å². The van der Waals surface area contributed by atoms with E-state index in [1.807, 2.05) is 30.3 Å². The van der Waals surface area contributed by atoms with E-state index in [1.54, 1.807) is 24.3 Å². The highest BCUT2D eigenvalue weighted by Crippen LogP contribution is 2.30. The molecule has 1 heterocycles. The van der Waals surface area contributed by atoms with Crippen LogP contribution in [0.1, 0.15) is 38.4 Å². The van der Waals surface area contributed by atoms with Crippen LogP contribution in [0.25, 0.3) is 10.9 Å². The molecule has 0 radical (unpaired) electrons. The Balaban J connectivity index is 1.44. The van der Waals surface area contributed by atoms with Gasteiger partial charge in [-0.1, -0.05) is 36.4 Å². The Morgan fingerprint density at radius 1 is 0.852 bits per heavy atom. The molecule has 3 aromatic rings. The molecule has 0 saturated carbocycles. The minimum Gasteiger partial charge on any atom is -0.458 e. The number of aromatic nitrogens is 1. The molecule has 0 amide bonds. The fourth-order valence-electron chi connectivity index (χ4n) is 3.44. The van der Waals surface area contributed by atoms with Crippen molar-refractivity contribution in [1.82, 2.24) is 4.98 Å². The van der Waals surface area contributed by atoms with E-state index in [0.717, 1.165) is 41.4 Å². The molecule has 0 bridgehead atoms. The maximum absolute atomic E-state index is 12.7. The van der Waals surface area contributed by atoms with Gasteiger partial charge in [-0.15, -0.1) is 0 Å². The first-order valence-corrected chi connectivity index (χ1v) is 9.04. The minimum absolute atomic E-state index is 0.0167. The molecule has 1 aliphatic rings. The predicted octanol–water partition coefficient (Wildman–Crippen LogP) is 3.74. The van der Waals surface area contributed by atoms with Crippen LogP contribution in [0.2, 0.25) is 0 Å². The lowest BCUT2D eigenvalue weighted by Gasteiger charge is -2.12. The standard InChI is InChI=1S/C22H19NO4/c24-21(15-7-2-1-3-8-15)26-13-14-27-22(25)20-16-9-4-5-11-18(16)23-19-12-6-10-17(19)20/h1-5,7-9,11H,6,10,12-14H2. The van der Waals surface area contributed by atoms with Crippen LogP contribution in [-0.4, -0.2) is 30.1 Å². The third-order valence-electron chi connectivity index (χ3n) is 4.68. The summed E-state index contributed by atoms with van der Waals surface area (Å²) >= 11 is 0. The van der Waals surface area contributed by atoms with Gasteiger partial charge in [0, 0.05) is 11.1 Å². The van der Waals surface area contributed by atoms with Gasteiger partial charge < -0.3 is 9.47 Å². The third-order valence-corrected chi connectivity index (χ3v) is 4.68. The van der Waals surface area contributed by atoms with Crippen molar-refractivity contribution >= 4 is 22.8 Å². The predicted molar refractivity (Wildman–Crippen MR) is 101 cm³/mol. The van der Waals surface area contributed by atoms with Gasteiger partial charge in [-0.05, 0) is 43.0 Å². The van der Waals surface area contributed by atoms with Gasteiger partial charge in [0.1, 0.15) is 13.2 Å². The number of ether oxygens (including phenoxy) is 2. The van der Waals surface area contributed by atoms with Crippen molar-refractivity contribution in [3.8, 4) is 0 Å². The molecule has 136 valence electrons. The number of hydrogen-bond acceptors (Lipinski definition) is 5. The highest BCUT2D eigenvalue weighted by molar-refractivity contribution is 6.05. The summed E-state index contributed by atoms with van der Waals surface area (Å²) in [7, 11) is 0. The van der Waals surface area contributed by atoms with Gasteiger partial charge in [-0.2, -0.15) is 0 Å². The first-order chi connectivity index (χ1) is 13.2. The number of carbonyl (C=O) groups is 2. The molecule has 0 atom stereocenters. The van der Waals surface area contributed by atoms with Crippen LogP contribution in [0, 0.1) is 0 Å². The number of carbonyl (C=O) groups excluding carboxylic acids is 2. The monoisotopic (exact) mass is 361 g/mol. The molecule has 1 aromatic heterocycles. The quantitative estimate of drug-likeness (QED) is 0.512. The van der Waals surface area contributed by atoms with E-state index < -0.39 is 5.97 Å². The smallest absolute Gasteiger partial charge is 0.339 e. The Morgan fingerprint density at radius 3 is 2.37 bits per heavy atom. The van der Waals surface area contributed by atoms with Gasteiger partial charge in [0.2, 0.25) is 0 Å². The molecule has 4 rings (SSSR count). The van der Waals surface area contributed by atoms with Crippen molar-refractivity contribution < 1.29 is 19.1 Å². The average Bonchev–Trinajstić information content (AvgIpc) is 3.17. The lowest BCUT2D eigenvalue weighted by Crippen LogP contribution is -2.16. The van der Waals surface area contributed by atoms with Crippen molar-refractivity contribution in [3.05, 3.63) is 77.0 Å². The summed E-state index contributed by atoms with van der Waals surface area (Å²) in [6.45, 7) is 0.0352. The number of pyridine rings is 1. The molecule has 27 heavy (non-hydrogen) atoms. The van der Waals surface area contributed by atoms with Crippen molar-refractivity contribution in [2.75, 3.05) is 13.2 Å². The minimum atomic E-state index is -0.429. The van der Waals surface area contributed by atoms with E-state index in [4.69, 9.17) is 9.47 Å². The highest BCUT2D eigenvalue weighted by Gasteiger charge is 2.24. The number of esters is 2. The van der Waals surface area contributed by atoms with E-state index in [0.29, 0.717) is 11.1 Å². The van der Waals surface area contributed by atoms with Gasteiger partial charge in [0.05, 0.1) is 16.6 Å². The Hall–Kier alpha value is -3.21. The molecule has 0 fully saturated rings. The molecule has 5 heteroatoms. The summed E-state index contributed by atoms with van der Waals surface area (Å²) in [4.78, 5) is 29.3. The molecule has 5 nitrogen and oxygen atoms in total. The summed E-state index contributed by atoms with van der Waals surface area (Å²) in [5.74, 6) is -0.815. The first-order valence-electron chi connectivity index (χ1n) is 9.04. The third kappa shape index (κ3) is 3.53. The number of para-hydroxylation sites is 1. The summed E-state index contributed by atoms with van der Waals surface area (Å²) in [6.07, 6.45) is 2.71. The Bertz CT molecular complexity index is 998. The van der Waals surface area contributed by atoms with E-state index in [1.165, 1.54) is 0 Å². The number of nitrogens with zero attached hydrogens (tertiary/aromatic N) is 1. The van der Waals surface area contributed by atoms with Gasteiger partial charge in [-0.25, -0.2) is 9.59 Å². The van der Waals surface area contributed by atoms with Crippen LogP contribution in [0.3, 0.4) is 0 Å². The van der Waals surface area contributed by atoms with Crippen LogP contribution >= 0.6 is 0 Å². The Labute approximate surface area is 156 Å². The second-order valence-corrected chi connectivity index (χ2v) is 6.42. The van der Waals surface area contributed by atoms with E-state index in [2.05, 4.69) is 4.98 Å². The summed E-state index contributed by atoms with van der Waals surface area (Å²) in [6, 6.07) is 16.3. The number of benzene rings is 2. The average molecular weight is 361 g/mol. The van der Waals surface area contributed by atoms with Gasteiger partial charge in [-0.3, -0.25) is 4.98 Å². The fourth-order valence-corrected chi connectivity index (χ4v) is 3.44. The molecule has 2 aromatic carbocycles. The maximum atomic E-state index is 12.7. The van der Waals surface area contributed by atoms with Crippen molar-refractivity contribution in [2.45, 2.75) is 19.3 Å². The van der Waals surface area contributed by atoms with E-state index >= 15 is 0 Å². The van der Waals surface area contributed by atoms with Crippen LogP contribution in [0.5, 0.6) is 0 Å². The molecule has 0 spiro atoms. The molecule has 0 aliphatic heterocycles. The zero-order valence-electron chi connectivity index (χ0n) is 14.8. The Morgan fingerprint density at radius 2 is 1.56 bits per heavy atom. The van der Waals surface area contributed by atoms with Crippen LogP contribution in [-0.2, 0) is 22.3 Å². The van der Waals surface area contributed by atoms with Gasteiger partial charge in [0.15, 0.2) is 0 Å². The molecule has 0 N–H and O–H groups in total. The molecule has 0 unspecified atom stereocenters. The number of hydrogen-bond donors (Lipinski definition) is 0. The van der Waals surface area contributed by atoms with Crippen molar-refractivity contribution in [1.29, 1.82) is 0 Å². The first kappa shape index (κ1) is 17.2. The summed E-state index contributed by atoms with van der Waals surface area (Å²) in [5, 5.41) is 0.810. The topological polar surface area (TPSA) is 65.5 Å². The molecular formula is C22H19NO4. The van der Waals surface area contributed by atoms with Gasteiger partial charge >= 0.3 is 11.9 Å². The molecule has 1 aliphatic carbocycles. The lowest BCUT2D eigenvalue weighted by atomic mass is 10.0. The maximum Gasteiger partial charge on any atom is 0.339 e. The van der Waals surface area contributed by atoms with Crippen molar-refractivity contribution in [3.63, 3.8) is 0 Å². The summed E-state index contributed by atoms with van der Waals surface area (Å²) in [5.41, 5.74) is 3.85. The zero-order valence-corrected chi connectivity index (χ0v) is 14.8.